The number of carbonyl (C=O) groups excluding carboxylic acids is 1. The van der Waals surface area contributed by atoms with Crippen LogP contribution < -0.4 is 9.47 Å². The van der Waals surface area contributed by atoms with Gasteiger partial charge in [0.2, 0.25) is 0 Å². The molecule has 0 N–H and O–H groups in total. The number of carbonyl (C=O) groups is 1. The Kier molecular flexibility index (Phi) is 4.55. The fourth-order valence-corrected chi connectivity index (χ4v) is 1.27. The third kappa shape index (κ3) is 3.92. The van der Waals surface area contributed by atoms with E-state index in [0.717, 1.165) is 6.07 Å². The second-order valence-corrected chi connectivity index (χ2v) is 3.37. The van der Waals surface area contributed by atoms with Gasteiger partial charge in [-0.05, 0) is 18.6 Å². The smallest absolute Gasteiger partial charge is 0.467 e. The number of hydrogen-bond donors (Lipinski definition) is 0. The molecule has 0 fully saturated rings. The van der Waals surface area contributed by atoms with E-state index in [9.17, 15) is 18.0 Å². The summed E-state index contributed by atoms with van der Waals surface area (Å²) >= 11 is 0. The maximum Gasteiger partial charge on any atom is 0.573 e. The number of halogens is 3. The van der Waals surface area contributed by atoms with Crippen molar-refractivity contribution in [2.24, 2.45) is 0 Å². The monoisotopic (exact) mass is 264 g/mol. The molecule has 4 nitrogen and oxygen atoms in total. The predicted octanol–water partition coefficient (Wildman–Crippen LogP) is 2.69. The molecule has 0 saturated heterocycles. The minimum Gasteiger partial charge on any atom is -0.467 e. The molecule has 0 bridgehead atoms. The number of aryl methyl sites for hydroxylation is 1. The van der Waals surface area contributed by atoms with Gasteiger partial charge >= 0.3 is 6.36 Å². The summed E-state index contributed by atoms with van der Waals surface area (Å²) in [5, 5.41) is 0. The van der Waals surface area contributed by atoms with Crippen molar-refractivity contribution in [3.63, 3.8) is 0 Å². The zero-order valence-electron chi connectivity index (χ0n) is 9.71. The molecular formula is C11H11F3O4. The van der Waals surface area contributed by atoms with Crippen molar-refractivity contribution in [3.8, 4) is 11.5 Å². The molecule has 1 rings (SSSR count). The average Bonchev–Trinajstić information content (AvgIpc) is 2.27. The van der Waals surface area contributed by atoms with E-state index in [1.807, 2.05) is 0 Å². The van der Waals surface area contributed by atoms with Gasteiger partial charge in [0.15, 0.2) is 13.1 Å². The number of benzene rings is 1. The molecule has 0 heterocycles. The van der Waals surface area contributed by atoms with E-state index in [4.69, 9.17) is 4.74 Å². The lowest BCUT2D eigenvalue weighted by atomic mass is 10.1. The molecule has 100 valence electrons. The molecule has 7 heteroatoms. The van der Waals surface area contributed by atoms with Gasteiger partial charge in [0.05, 0.1) is 5.56 Å². The Bertz CT molecular complexity index is 429. The number of methoxy groups -OCH3 is 1. The Balaban J connectivity index is 3.08. The number of alkyl halides is 3. The van der Waals surface area contributed by atoms with Crippen LogP contribution >= 0.6 is 0 Å². The first-order valence-electron chi connectivity index (χ1n) is 4.84. The molecule has 0 spiro atoms. The molecule has 0 aliphatic heterocycles. The van der Waals surface area contributed by atoms with Crippen LogP contribution in [0.5, 0.6) is 11.5 Å². The molecular weight excluding hydrogens is 253 g/mol. The summed E-state index contributed by atoms with van der Waals surface area (Å²) in [6, 6.07) is 2.25. The Hall–Kier alpha value is -1.76. The van der Waals surface area contributed by atoms with Gasteiger partial charge in [-0.25, -0.2) is 0 Å². The van der Waals surface area contributed by atoms with Crippen molar-refractivity contribution in [3.05, 3.63) is 23.3 Å². The van der Waals surface area contributed by atoms with E-state index in [0.29, 0.717) is 6.29 Å². The first kappa shape index (κ1) is 14.3. The van der Waals surface area contributed by atoms with Gasteiger partial charge in [-0.2, -0.15) is 0 Å². The quantitative estimate of drug-likeness (QED) is 0.606. The molecule has 0 aliphatic rings. The van der Waals surface area contributed by atoms with Crippen molar-refractivity contribution < 1.29 is 32.2 Å². The van der Waals surface area contributed by atoms with E-state index in [2.05, 4.69) is 9.47 Å². The van der Waals surface area contributed by atoms with Crippen LogP contribution in [0.25, 0.3) is 0 Å². The van der Waals surface area contributed by atoms with Crippen LogP contribution in [0.2, 0.25) is 0 Å². The van der Waals surface area contributed by atoms with E-state index in [1.165, 1.54) is 20.1 Å². The van der Waals surface area contributed by atoms with Gasteiger partial charge in [0.25, 0.3) is 0 Å². The van der Waals surface area contributed by atoms with Crippen molar-refractivity contribution in [1.29, 1.82) is 0 Å². The first-order chi connectivity index (χ1) is 8.37. The average molecular weight is 264 g/mol. The molecule has 1 aromatic rings. The second-order valence-electron chi connectivity index (χ2n) is 3.37. The summed E-state index contributed by atoms with van der Waals surface area (Å²) in [7, 11) is 1.35. The number of aldehydes is 1. The maximum atomic E-state index is 12.1. The highest BCUT2D eigenvalue weighted by Crippen LogP contribution is 2.31. The molecule has 18 heavy (non-hydrogen) atoms. The van der Waals surface area contributed by atoms with Gasteiger partial charge in [-0.1, -0.05) is 0 Å². The fourth-order valence-electron chi connectivity index (χ4n) is 1.27. The van der Waals surface area contributed by atoms with E-state index >= 15 is 0 Å². The summed E-state index contributed by atoms with van der Waals surface area (Å²) in [4.78, 5) is 10.8. The van der Waals surface area contributed by atoms with Crippen LogP contribution in [-0.2, 0) is 4.74 Å². The SMILES string of the molecule is COCOc1cc(OC(F)(F)F)c(C)cc1C=O. The summed E-state index contributed by atoms with van der Waals surface area (Å²) in [6.07, 6.45) is -4.32. The fraction of sp³-hybridized carbons (Fsp3) is 0.364. The predicted molar refractivity (Wildman–Crippen MR) is 55.8 cm³/mol. The molecule has 0 saturated carbocycles. The molecule has 0 radical (unpaired) electrons. The zero-order chi connectivity index (χ0) is 13.8. The molecule has 0 aliphatic carbocycles. The summed E-state index contributed by atoms with van der Waals surface area (Å²) in [5.74, 6) is -0.448. The summed E-state index contributed by atoms with van der Waals surface area (Å²) in [6.45, 7) is 1.21. The van der Waals surface area contributed by atoms with E-state index in [1.54, 1.807) is 0 Å². The largest absolute Gasteiger partial charge is 0.573 e. The number of hydrogen-bond acceptors (Lipinski definition) is 4. The van der Waals surface area contributed by atoms with Crippen LogP contribution in [0.4, 0.5) is 13.2 Å². The highest BCUT2D eigenvalue weighted by atomic mass is 19.4. The van der Waals surface area contributed by atoms with Gasteiger partial charge in [0, 0.05) is 13.2 Å². The van der Waals surface area contributed by atoms with Crippen molar-refractivity contribution in [1.82, 2.24) is 0 Å². The van der Waals surface area contributed by atoms with Crippen LogP contribution in [0.15, 0.2) is 12.1 Å². The van der Waals surface area contributed by atoms with Gasteiger partial charge < -0.3 is 14.2 Å². The molecule has 0 unspecified atom stereocenters. The third-order valence-electron chi connectivity index (χ3n) is 1.99. The molecule has 1 aromatic carbocycles. The van der Waals surface area contributed by atoms with E-state index in [-0.39, 0.29) is 23.7 Å². The highest BCUT2D eigenvalue weighted by Gasteiger charge is 2.32. The Morgan fingerprint density at radius 1 is 1.28 bits per heavy atom. The Morgan fingerprint density at radius 3 is 2.44 bits per heavy atom. The maximum absolute atomic E-state index is 12.1. The van der Waals surface area contributed by atoms with Gasteiger partial charge in [-0.3, -0.25) is 4.79 Å². The lowest BCUT2D eigenvalue weighted by Crippen LogP contribution is -2.18. The van der Waals surface area contributed by atoms with Crippen LogP contribution in [0, 0.1) is 6.92 Å². The normalized spacial score (nSPS) is 11.2. The first-order valence-corrected chi connectivity index (χ1v) is 4.84. The zero-order valence-corrected chi connectivity index (χ0v) is 9.71. The van der Waals surface area contributed by atoms with Crippen molar-refractivity contribution in [2.75, 3.05) is 13.9 Å². The van der Waals surface area contributed by atoms with Crippen LogP contribution in [0.3, 0.4) is 0 Å². The Labute approximate surface area is 101 Å². The Morgan fingerprint density at radius 2 is 1.94 bits per heavy atom. The van der Waals surface area contributed by atoms with Gasteiger partial charge in [0.1, 0.15) is 11.5 Å². The molecule has 0 atom stereocenters. The highest BCUT2D eigenvalue weighted by molar-refractivity contribution is 5.80. The minimum atomic E-state index is -4.80. The van der Waals surface area contributed by atoms with E-state index < -0.39 is 12.1 Å². The standard InChI is InChI=1S/C11H11F3O4/c1-7-3-8(5-15)10(17-6-16-2)4-9(7)18-11(12,13)14/h3-5H,6H2,1-2H3. The minimum absolute atomic E-state index is 0.0308. The van der Waals surface area contributed by atoms with Gasteiger partial charge in [-0.15, -0.1) is 13.2 Å². The van der Waals surface area contributed by atoms with Crippen molar-refractivity contribution >= 4 is 6.29 Å². The van der Waals surface area contributed by atoms with Crippen LogP contribution in [-0.4, -0.2) is 26.6 Å². The summed E-state index contributed by atoms with van der Waals surface area (Å²) < 4.78 is 49.8. The topological polar surface area (TPSA) is 44.8 Å². The third-order valence-corrected chi connectivity index (χ3v) is 1.99. The molecule has 0 aromatic heterocycles. The number of ether oxygens (including phenoxy) is 3. The molecule has 0 amide bonds. The number of rotatable bonds is 5. The second kappa shape index (κ2) is 5.72. The van der Waals surface area contributed by atoms with Crippen molar-refractivity contribution in [2.45, 2.75) is 13.3 Å². The lowest BCUT2D eigenvalue weighted by molar-refractivity contribution is -0.274. The van der Waals surface area contributed by atoms with Crippen LogP contribution in [0.1, 0.15) is 15.9 Å². The lowest BCUT2D eigenvalue weighted by Gasteiger charge is -2.14. The summed E-state index contributed by atoms with van der Waals surface area (Å²) in [5.41, 5.74) is 0.304.